The van der Waals surface area contributed by atoms with E-state index >= 15 is 0 Å². The first-order chi connectivity index (χ1) is 13.0. The summed E-state index contributed by atoms with van der Waals surface area (Å²) in [6.07, 6.45) is 0.949. The van der Waals surface area contributed by atoms with Gasteiger partial charge in [0.2, 0.25) is 11.8 Å². The molecule has 0 saturated heterocycles. The molecule has 6 heteroatoms. The van der Waals surface area contributed by atoms with Crippen LogP contribution in [0.5, 0.6) is 0 Å². The van der Waals surface area contributed by atoms with Gasteiger partial charge in [0.1, 0.15) is 0 Å². The molecule has 142 valence electrons. The molecule has 2 aromatic rings. The Balaban J connectivity index is 1.60. The highest BCUT2D eigenvalue weighted by Gasteiger charge is 2.23. The van der Waals surface area contributed by atoms with Gasteiger partial charge < -0.3 is 15.1 Å². The molecule has 0 aliphatic carbocycles. The minimum absolute atomic E-state index is 0.0246. The molecule has 3 rings (SSSR count). The van der Waals surface area contributed by atoms with Crippen LogP contribution in [0.1, 0.15) is 18.1 Å². The summed E-state index contributed by atoms with van der Waals surface area (Å²) in [5.74, 6) is -0.274. The number of hydrogen-bond donors (Lipinski definition) is 1. The summed E-state index contributed by atoms with van der Waals surface area (Å²) in [5, 5.41) is 3.41. The monoisotopic (exact) mass is 385 g/mol. The number of nitrogens with one attached hydrogen (secondary N) is 1. The Morgan fingerprint density at radius 2 is 2.00 bits per heavy atom. The van der Waals surface area contributed by atoms with Crippen molar-refractivity contribution in [2.75, 3.05) is 36.4 Å². The largest absolute Gasteiger partial charge is 0.362 e. The number of amides is 2. The predicted octanol–water partition coefficient (Wildman–Crippen LogP) is 3.50. The Hall–Kier alpha value is -2.53. The van der Waals surface area contributed by atoms with Crippen LogP contribution in [0.4, 0.5) is 11.4 Å². The number of carbonyl (C=O) groups is 2. The number of rotatable bonds is 6. The van der Waals surface area contributed by atoms with E-state index in [-0.39, 0.29) is 24.9 Å². The number of halogens is 1. The van der Waals surface area contributed by atoms with Crippen molar-refractivity contribution in [2.24, 2.45) is 0 Å². The average Bonchev–Trinajstić information content (AvgIpc) is 3.05. The Bertz CT molecular complexity index is 853. The molecule has 2 aromatic carbocycles. The van der Waals surface area contributed by atoms with Crippen molar-refractivity contribution in [3.8, 4) is 0 Å². The summed E-state index contributed by atoms with van der Waals surface area (Å²) < 4.78 is 0. The maximum absolute atomic E-state index is 12.7. The summed E-state index contributed by atoms with van der Waals surface area (Å²) in [5.41, 5.74) is 3.98. The van der Waals surface area contributed by atoms with Crippen molar-refractivity contribution < 1.29 is 9.59 Å². The molecule has 0 saturated carbocycles. The molecule has 0 bridgehead atoms. The number of aryl methyl sites for hydroxylation is 1. The first-order valence-corrected chi connectivity index (χ1v) is 9.52. The lowest BCUT2D eigenvalue weighted by Gasteiger charge is -2.25. The van der Waals surface area contributed by atoms with E-state index in [1.165, 1.54) is 5.56 Å². The van der Waals surface area contributed by atoms with Crippen LogP contribution in [0.25, 0.3) is 0 Å². The number of fused-ring (bicyclic) bond motifs is 1. The highest BCUT2D eigenvalue weighted by molar-refractivity contribution is 6.31. The maximum atomic E-state index is 12.7. The van der Waals surface area contributed by atoms with E-state index in [2.05, 4.69) is 16.3 Å². The number of nitrogens with zero attached hydrogens (tertiary/aromatic N) is 2. The van der Waals surface area contributed by atoms with Gasteiger partial charge in [-0.2, -0.15) is 0 Å². The molecule has 1 heterocycles. The average molecular weight is 386 g/mol. The highest BCUT2D eigenvalue weighted by atomic mass is 35.5. The topological polar surface area (TPSA) is 52.7 Å². The molecule has 1 aliphatic heterocycles. The van der Waals surface area contributed by atoms with Crippen LogP contribution in [0.2, 0.25) is 5.02 Å². The second kappa shape index (κ2) is 8.44. The third-order valence-electron chi connectivity index (χ3n) is 4.85. The molecule has 2 amide bonds. The predicted molar refractivity (Wildman–Crippen MR) is 109 cm³/mol. The summed E-state index contributed by atoms with van der Waals surface area (Å²) in [7, 11) is 0. The van der Waals surface area contributed by atoms with Crippen molar-refractivity contribution in [3.63, 3.8) is 0 Å². The minimum Gasteiger partial charge on any atom is -0.362 e. The number of likely N-dealkylation sites (N-methyl/N-ethyl adjacent to an activating group) is 1. The van der Waals surface area contributed by atoms with Crippen molar-refractivity contribution >= 4 is 34.8 Å². The number of anilines is 2. The Kier molecular flexibility index (Phi) is 6.01. The molecular weight excluding hydrogens is 362 g/mol. The van der Waals surface area contributed by atoms with E-state index in [0.29, 0.717) is 17.3 Å². The molecular formula is C21H24ClN3O2. The molecule has 0 unspecified atom stereocenters. The van der Waals surface area contributed by atoms with Crippen LogP contribution >= 0.6 is 11.6 Å². The lowest BCUT2D eigenvalue weighted by atomic mass is 10.2. The van der Waals surface area contributed by atoms with Crippen LogP contribution in [-0.2, 0) is 16.0 Å². The molecule has 0 fully saturated rings. The van der Waals surface area contributed by atoms with E-state index in [9.17, 15) is 9.59 Å². The standard InChI is InChI=1S/C21H24ClN3O2/c1-3-24(13-20(26)23-18-12-17(22)9-8-15(18)2)21(27)14-25-11-10-16-6-4-5-7-19(16)25/h4-9,12H,3,10-11,13-14H2,1-2H3,(H,23,26). The van der Waals surface area contributed by atoms with E-state index in [1.54, 1.807) is 17.0 Å². The second-order valence-electron chi connectivity index (χ2n) is 6.72. The zero-order valence-corrected chi connectivity index (χ0v) is 16.4. The first-order valence-electron chi connectivity index (χ1n) is 9.14. The van der Waals surface area contributed by atoms with Crippen LogP contribution in [0.15, 0.2) is 42.5 Å². The van der Waals surface area contributed by atoms with E-state index in [0.717, 1.165) is 24.2 Å². The summed E-state index contributed by atoms with van der Waals surface area (Å²) in [6.45, 7) is 5.41. The van der Waals surface area contributed by atoms with Crippen molar-refractivity contribution in [2.45, 2.75) is 20.3 Å². The Morgan fingerprint density at radius 3 is 2.78 bits per heavy atom. The molecule has 1 aliphatic rings. The second-order valence-corrected chi connectivity index (χ2v) is 7.15. The van der Waals surface area contributed by atoms with Gasteiger partial charge in [-0.3, -0.25) is 9.59 Å². The molecule has 1 N–H and O–H groups in total. The zero-order valence-electron chi connectivity index (χ0n) is 15.7. The number of benzene rings is 2. The fraction of sp³-hybridized carbons (Fsp3) is 0.333. The summed E-state index contributed by atoms with van der Waals surface area (Å²) >= 11 is 6.00. The summed E-state index contributed by atoms with van der Waals surface area (Å²) in [4.78, 5) is 28.8. The van der Waals surface area contributed by atoms with Gasteiger partial charge in [0.05, 0.1) is 13.1 Å². The van der Waals surface area contributed by atoms with E-state index < -0.39 is 0 Å². The molecule has 0 spiro atoms. The van der Waals surface area contributed by atoms with Crippen molar-refractivity contribution in [1.29, 1.82) is 0 Å². The fourth-order valence-corrected chi connectivity index (χ4v) is 3.47. The van der Waals surface area contributed by atoms with Crippen LogP contribution in [0, 0.1) is 6.92 Å². The van der Waals surface area contributed by atoms with Crippen molar-refractivity contribution in [3.05, 3.63) is 58.6 Å². The molecule has 0 atom stereocenters. The Morgan fingerprint density at radius 1 is 1.22 bits per heavy atom. The van der Waals surface area contributed by atoms with Gasteiger partial charge in [0.15, 0.2) is 0 Å². The van der Waals surface area contributed by atoms with Crippen LogP contribution in [0.3, 0.4) is 0 Å². The van der Waals surface area contributed by atoms with E-state index in [1.807, 2.05) is 38.1 Å². The van der Waals surface area contributed by atoms with E-state index in [4.69, 9.17) is 11.6 Å². The Labute approximate surface area is 164 Å². The SMILES string of the molecule is CCN(CC(=O)Nc1cc(Cl)ccc1C)C(=O)CN1CCc2ccccc21. The van der Waals surface area contributed by atoms with Gasteiger partial charge in [0.25, 0.3) is 0 Å². The molecule has 27 heavy (non-hydrogen) atoms. The third kappa shape index (κ3) is 4.61. The fourth-order valence-electron chi connectivity index (χ4n) is 3.30. The zero-order chi connectivity index (χ0) is 19.4. The van der Waals surface area contributed by atoms with Gasteiger partial charge in [-0.15, -0.1) is 0 Å². The highest BCUT2D eigenvalue weighted by Crippen LogP contribution is 2.27. The number of para-hydroxylation sites is 1. The molecule has 0 aromatic heterocycles. The molecule has 0 radical (unpaired) electrons. The van der Waals surface area contributed by atoms with Gasteiger partial charge >= 0.3 is 0 Å². The lowest BCUT2D eigenvalue weighted by Crippen LogP contribution is -2.43. The smallest absolute Gasteiger partial charge is 0.244 e. The van der Waals surface area contributed by atoms with Gasteiger partial charge in [0, 0.05) is 29.5 Å². The quantitative estimate of drug-likeness (QED) is 0.828. The van der Waals surface area contributed by atoms with Gasteiger partial charge in [-0.1, -0.05) is 35.9 Å². The number of hydrogen-bond acceptors (Lipinski definition) is 3. The number of carbonyl (C=O) groups excluding carboxylic acids is 2. The normalized spacial score (nSPS) is 12.6. The summed E-state index contributed by atoms with van der Waals surface area (Å²) in [6, 6.07) is 13.5. The van der Waals surface area contributed by atoms with Crippen LogP contribution < -0.4 is 10.2 Å². The molecule has 5 nitrogen and oxygen atoms in total. The van der Waals surface area contributed by atoms with Crippen LogP contribution in [-0.4, -0.2) is 42.9 Å². The maximum Gasteiger partial charge on any atom is 0.244 e. The van der Waals surface area contributed by atoms with Gasteiger partial charge in [-0.25, -0.2) is 0 Å². The van der Waals surface area contributed by atoms with Crippen molar-refractivity contribution in [1.82, 2.24) is 4.90 Å². The third-order valence-corrected chi connectivity index (χ3v) is 5.09. The van der Waals surface area contributed by atoms with Gasteiger partial charge in [-0.05, 0) is 49.6 Å². The first kappa shape index (κ1) is 19.2. The lowest BCUT2D eigenvalue weighted by molar-refractivity contribution is -0.133. The minimum atomic E-state index is -0.225.